The third kappa shape index (κ3) is 4.69. The van der Waals surface area contributed by atoms with Crippen molar-refractivity contribution in [1.82, 2.24) is 4.90 Å². The maximum atomic E-state index is 5.22. The topological polar surface area (TPSA) is 15.7 Å². The number of methoxy groups -OCH3 is 1. The minimum absolute atomic E-state index is 0.417. The Balaban J connectivity index is 1.69. The van der Waals surface area contributed by atoms with Crippen LogP contribution in [0.5, 0.6) is 0 Å². The summed E-state index contributed by atoms with van der Waals surface area (Å²) < 4.78 is 5.22. The number of allylic oxidation sites excluding steroid dienone is 2. The third-order valence-corrected chi connectivity index (χ3v) is 6.21. The molecule has 0 spiro atoms. The molecule has 0 saturated carbocycles. The van der Waals surface area contributed by atoms with Crippen molar-refractivity contribution in [3.8, 4) is 0 Å². The van der Waals surface area contributed by atoms with Crippen molar-refractivity contribution in [3.05, 3.63) is 35.9 Å². The highest BCUT2D eigenvalue weighted by Gasteiger charge is 2.27. The molecule has 3 nitrogen and oxygen atoms in total. The quantitative estimate of drug-likeness (QED) is 0.761. The predicted octanol–water partition coefficient (Wildman–Crippen LogP) is 4.68. The van der Waals surface area contributed by atoms with Crippen molar-refractivity contribution in [1.29, 1.82) is 0 Å². The van der Waals surface area contributed by atoms with Crippen molar-refractivity contribution < 1.29 is 4.74 Å². The standard InChI is InChI=1S/C23H36N2O/c1-23(2,3)20-11-9-19(10-12-20)21-7-5-6-8-22(21)25-15-13-24(14-16-25)17-18-26-4/h5-9,20H,10-18H2,1-4H3. The van der Waals surface area contributed by atoms with Crippen LogP contribution in [0.3, 0.4) is 0 Å². The first-order valence-electron chi connectivity index (χ1n) is 10.2. The van der Waals surface area contributed by atoms with Crippen molar-refractivity contribution in [2.24, 2.45) is 11.3 Å². The van der Waals surface area contributed by atoms with Crippen LogP contribution in [0, 0.1) is 11.3 Å². The molecule has 0 bridgehead atoms. The maximum Gasteiger partial charge on any atom is 0.0589 e. The monoisotopic (exact) mass is 356 g/mol. The Kier molecular flexibility index (Phi) is 6.42. The van der Waals surface area contributed by atoms with Crippen LogP contribution in [0.2, 0.25) is 0 Å². The van der Waals surface area contributed by atoms with Crippen LogP contribution < -0.4 is 4.90 Å². The van der Waals surface area contributed by atoms with Gasteiger partial charge in [-0.1, -0.05) is 45.0 Å². The van der Waals surface area contributed by atoms with Crippen LogP contribution in [0.4, 0.5) is 5.69 Å². The largest absolute Gasteiger partial charge is 0.383 e. The Hall–Kier alpha value is -1.32. The number of anilines is 1. The number of rotatable bonds is 5. The molecule has 1 saturated heterocycles. The van der Waals surface area contributed by atoms with Gasteiger partial charge in [0.15, 0.2) is 0 Å². The highest BCUT2D eigenvalue weighted by Crippen LogP contribution is 2.41. The lowest BCUT2D eigenvalue weighted by atomic mass is 9.72. The van der Waals surface area contributed by atoms with E-state index in [0.29, 0.717) is 5.41 Å². The fourth-order valence-corrected chi connectivity index (χ4v) is 4.32. The first-order chi connectivity index (χ1) is 12.5. The van der Waals surface area contributed by atoms with Crippen LogP contribution in [-0.4, -0.2) is 51.3 Å². The molecule has 3 rings (SSSR count). The van der Waals surface area contributed by atoms with Crippen LogP contribution in [0.1, 0.15) is 45.6 Å². The van der Waals surface area contributed by atoms with Crippen LogP contribution >= 0.6 is 0 Å². The lowest BCUT2D eigenvalue weighted by Crippen LogP contribution is -2.47. The van der Waals surface area contributed by atoms with Gasteiger partial charge in [0.05, 0.1) is 6.61 Å². The zero-order valence-corrected chi connectivity index (χ0v) is 17.1. The fourth-order valence-electron chi connectivity index (χ4n) is 4.32. The summed E-state index contributed by atoms with van der Waals surface area (Å²) in [5, 5.41) is 0. The van der Waals surface area contributed by atoms with E-state index < -0.39 is 0 Å². The second-order valence-corrected chi connectivity index (χ2v) is 8.91. The number of hydrogen-bond acceptors (Lipinski definition) is 3. The van der Waals surface area contributed by atoms with Gasteiger partial charge in [-0.15, -0.1) is 0 Å². The molecule has 2 aliphatic rings. The summed E-state index contributed by atoms with van der Waals surface area (Å²) in [6, 6.07) is 9.04. The molecule has 1 fully saturated rings. The van der Waals surface area contributed by atoms with E-state index in [1.54, 1.807) is 12.7 Å². The van der Waals surface area contributed by atoms with Gasteiger partial charge < -0.3 is 9.64 Å². The van der Waals surface area contributed by atoms with Crippen LogP contribution in [-0.2, 0) is 4.74 Å². The van der Waals surface area contributed by atoms with Crippen molar-refractivity contribution >= 4 is 11.3 Å². The predicted molar refractivity (Wildman–Crippen MR) is 112 cm³/mol. The number of para-hydroxylation sites is 1. The Morgan fingerprint density at radius 3 is 2.42 bits per heavy atom. The lowest BCUT2D eigenvalue weighted by molar-refractivity contribution is 0.144. The van der Waals surface area contributed by atoms with Gasteiger partial charge in [0.1, 0.15) is 0 Å². The highest BCUT2D eigenvalue weighted by molar-refractivity contribution is 5.77. The molecule has 1 heterocycles. The SMILES string of the molecule is COCCN1CCN(c2ccccc2C2=CCC(C(C)(C)C)CC2)CC1. The average Bonchev–Trinajstić information content (AvgIpc) is 2.66. The Labute approximate surface area is 160 Å². The van der Waals surface area contributed by atoms with Gasteiger partial charge >= 0.3 is 0 Å². The average molecular weight is 357 g/mol. The maximum absolute atomic E-state index is 5.22. The molecular formula is C23H36N2O. The van der Waals surface area contributed by atoms with Crippen molar-refractivity contribution in [2.75, 3.05) is 51.3 Å². The fraction of sp³-hybridized carbons (Fsp3) is 0.652. The van der Waals surface area contributed by atoms with E-state index in [9.17, 15) is 0 Å². The summed E-state index contributed by atoms with van der Waals surface area (Å²) in [7, 11) is 1.79. The van der Waals surface area contributed by atoms with Gasteiger partial charge in [-0.05, 0) is 42.2 Å². The molecule has 3 heteroatoms. The van der Waals surface area contributed by atoms with Gasteiger partial charge in [0, 0.05) is 51.1 Å². The Morgan fingerprint density at radius 1 is 1.08 bits per heavy atom. The summed E-state index contributed by atoms with van der Waals surface area (Å²) in [6.45, 7) is 13.5. The number of piperazine rings is 1. The normalized spacial score (nSPS) is 22.4. The molecule has 1 aromatic carbocycles. The second kappa shape index (κ2) is 8.58. The zero-order chi connectivity index (χ0) is 18.6. The minimum Gasteiger partial charge on any atom is -0.383 e. The summed E-state index contributed by atoms with van der Waals surface area (Å²) in [4.78, 5) is 5.09. The van der Waals surface area contributed by atoms with E-state index in [2.05, 4.69) is 60.9 Å². The van der Waals surface area contributed by atoms with Gasteiger partial charge in [-0.3, -0.25) is 4.90 Å². The molecule has 0 aromatic heterocycles. The molecule has 0 radical (unpaired) electrons. The number of hydrogen-bond donors (Lipinski definition) is 0. The molecule has 144 valence electrons. The second-order valence-electron chi connectivity index (χ2n) is 8.91. The summed E-state index contributed by atoms with van der Waals surface area (Å²) in [6.07, 6.45) is 6.27. The van der Waals surface area contributed by atoms with Gasteiger partial charge in [0.2, 0.25) is 0 Å². The highest BCUT2D eigenvalue weighted by atomic mass is 16.5. The van der Waals surface area contributed by atoms with Crippen molar-refractivity contribution in [3.63, 3.8) is 0 Å². The summed E-state index contributed by atoms with van der Waals surface area (Å²) in [5.41, 5.74) is 4.87. The zero-order valence-electron chi connectivity index (χ0n) is 17.1. The molecule has 0 N–H and O–H groups in total. The Bertz CT molecular complexity index is 609. The van der Waals surface area contributed by atoms with E-state index in [1.807, 2.05) is 0 Å². The number of ether oxygens (including phenoxy) is 1. The lowest BCUT2D eigenvalue weighted by Gasteiger charge is -2.38. The third-order valence-electron chi connectivity index (χ3n) is 6.21. The Morgan fingerprint density at radius 2 is 1.81 bits per heavy atom. The number of nitrogens with zero attached hydrogens (tertiary/aromatic N) is 2. The first kappa shape index (κ1) is 19.4. The van der Waals surface area contributed by atoms with Gasteiger partial charge in [-0.25, -0.2) is 0 Å². The van der Waals surface area contributed by atoms with E-state index >= 15 is 0 Å². The smallest absolute Gasteiger partial charge is 0.0589 e. The minimum atomic E-state index is 0.417. The van der Waals surface area contributed by atoms with E-state index in [0.717, 1.165) is 45.2 Å². The molecule has 26 heavy (non-hydrogen) atoms. The van der Waals surface area contributed by atoms with Gasteiger partial charge in [-0.2, -0.15) is 0 Å². The van der Waals surface area contributed by atoms with Crippen LogP contribution in [0.25, 0.3) is 5.57 Å². The first-order valence-corrected chi connectivity index (χ1v) is 10.2. The van der Waals surface area contributed by atoms with E-state index in [-0.39, 0.29) is 0 Å². The van der Waals surface area contributed by atoms with Gasteiger partial charge in [0.25, 0.3) is 0 Å². The molecule has 1 atom stereocenters. The van der Waals surface area contributed by atoms with Crippen molar-refractivity contribution in [2.45, 2.75) is 40.0 Å². The molecule has 1 unspecified atom stereocenters. The molecule has 1 aliphatic heterocycles. The van der Waals surface area contributed by atoms with E-state index in [4.69, 9.17) is 4.74 Å². The summed E-state index contributed by atoms with van der Waals surface area (Å²) in [5.74, 6) is 0.808. The number of benzene rings is 1. The molecule has 1 aliphatic carbocycles. The van der Waals surface area contributed by atoms with E-state index in [1.165, 1.54) is 30.5 Å². The van der Waals surface area contributed by atoms with Crippen LogP contribution in [0.15, 0.2) is 30.3 Å². The summed E-state index contributed by atoms with van der Waals surface area (Å²) >= 11 is 0. The molecule has 0 amide bonds. The molecular weight excluding hydrogens is 320 g/mol. The molecule has 1 aromatic rings.